The first-order valence-electron chi connectivity index (χ1n) is 40.3. The van der Waals surface area contributed by atoms with Gasteiger partial charge in [-0.1, -0.05) is 339 Å². The number of phosphoric acid groups is 2. The van der Waals surface area contributed by atoms with Gasteiger partial charge in [-0.2, -0.15) is 0 Å². The van der Waals surface area contributed by atoms with Gasteiger partial charge >= 0.3 is 15.6 Å². The summed E-state index contributed by atoms with van der Waals surface area (Å²) >= 11 is 0. The summed E-state index contributed by atoms with van der Waals surface area (Å²) in [6.45, 7) is -2.59. The van der Waals surface area contributed by atoms with Crippen molar-refractivity contribution in [2.75, 3.05) is 13.2 Å². The van der Waals surface area contributed by atoms with E-state index in [1.807, 2.05) is 309 Å². The molecule has 3 fully saturated rings. The third-order valence-electron chi connectivity index (χ3n) is 20.7. The molecule has 1 saturated carbocycles. The largest absolute Gasteiger partial charge is 0.475 e. The monoisotopic (exact) mass is 1680 g/mol. The first kappa shape index (κ1) is 87.8. The zero-order chi connectivity index (χ0) is 83.1. The maximum absolute atomic E-state index is 16.0. The number of azide groups is 1. The SMILES string of the molecule is [N-]=[N+]=N[C@H]1[C@@H](O[C@H]2[C@H](O)[C@H](O)[C@H](OCc3ccccc3)[C@@H](OCc3ccccc3)[C@@H]2OCc2ccccc2)O[C@H](COP(=O)(OCc2ccccc2)OCc2ccccc2)[C@@H](O[C@H]2O[C@H](COP(=O)(OCc3ccccc3)OCc3ccccc3)[C@H](OCc3ccccc3)[C@H](OCc3ccccc3)[C@H]2OCc2ccccc2)[C@@H]1OCc1ccccc1. The molecular weight excluding hydrogens is 1580 g/mol. The first-order chi connectivity index (χ1) is 59.5. The summed E-state index contributed by atoms with van der Waals surface area (Å²) in [4.78, 5) is 3.47. The van der Waals surface area contributed by atoms with Crippen LogP contribution in [-0.2, 0) is 161 Å². The molecule has 14 rings (SSSR count). The molecule has 121 heavy (non-hydrogen) atoms. The third kappa shape index (κ3) is 25.8. The molecule has 0 bridgehead atoms. The lowest BCUT2D eigenvalue weighted by molar-refractivity contribution is -0.371. The van der Waals surface area contributed by atoms with Gasteiger partial charge in [0, 0.05) is 4.91 Å². The van der Waals surface area contributed by atoms with Gasteiger partial charge in [-0.05, 0) is 66.7 Å². The van der Waals surface area contributed by atoms with Crippen LogP contribution in [0.5, 0.6) is 0 Å². The zero-order valence-corrected chi connectivity index (χ0v) is 68.4. The molecule has 2 heterocycles. The quantitative estimate of drug-likeness (QED) is 0.0155. The Bertz CT molecular complexity index is 4860. The van der Waals surface area contributed by atoms with Crippen molar-refractivity contribution in [1.82, 2.24) is 0 Å². The van der Waals surface area contributed by atoms with Gasteiger partial charge in [0.25, 0.3) is 0 Å². The first-order valence-corrected chi connectivity index (χ1v) is 43.2. The summed E-state index contributed by atoms with van der Waals surface area (Å²) < 4.78 is 149. The number of rotatable bonds is 44. The van der Waals surface area contributed by atoms with E-state index in [0.29, 0.717) is 27.8 Å². The van der Waals surface area contributed by atoms with Crippen LogP contribution < -0.4 is 0 Å². The molecule has 24 nitrogen and oxygen atoms in total. The van der Waals surface area contributed by atoms with Crippen LogP contribution in [0.2, 0.25) is 0 Å². The molecule has 11 aromatic rings. The molecule has 0 radical (unpaired) electrons. The summed E-state index contributed by atoms with van der Waals surface area (Å²) in [5, 5.41) is 30.5. The Balaban J connectivity index is 0.904. The van der Waals surface area contributed by atoms with Crippen LogP contribution in [0.3, 0.4) is 0 Å². The molecule has 2 aliphatic heterocycles. The van der Waals surface area contributed by atoms with E-state index in [0.717, 1.165) is 33.4 Å². The fourth-order valence-corrected chi connectivity index (χ4v) is 16.7. The number of phosphoric ester groups is 2. The molecule has 0 spiro atoms. The number of ether oxygens (including phenoxy) is 11. The van der Waals surface area contributed by atoms with E-state index < -0.39 is 127 Å². The number of nitrogens with zero attached hydrogens (tertiary/aromatic N) is 3. The lowest BCUT2D eigenvalue weighted by atomic mass is 9.83. The molecule has 2 saturated heterocycles. The van der Waals surface area contributed by atoms with Crippen molar-refractivity contribution in [3.63, 3.8) is 0 Å². The minimum atomic E-state index is -4.81. The van der Waals surface area contributed by atoms with Gasteiger partial charge in [0.15, 0.2) is 12.6 Å². The molecule has 0 amide bonds. The van der Waals surface area contributed by atoms with E-state index in [1.165, 1.54) is 0 Å². The highest BCUT2D eigenvalue weighted by molar-refractivity contribution is 7.48. The molecule has 0 unspecified atom stereocenters. The highest BCUT2D eigenvalue weighted by Crippen LogP contribution is 2.54. The maximum Gasteiger partial charge on any atom is 0.475 e. The van der Waals surface area contributed by atoms with Crippen LogP contribution in [0.25, 0.3) is 10.4 Å². The highest BCUT2D eigenvalue weighted by Gasteiger charge is 2.59. The minimum Gasteiger partial charge on any atom is -0.387 e. The molecule has 16 atom stereocenters. The van der Waals surface area contributed by atoms with Gasteiger partial charge in [0.2, 0.25) is 0 Å². The lowest BCUT2D eigenvalue weighted by Gasteiger charge is -2.51. The molecule has 2 N–H and O–H groups in total. The van der Waals surface area contributed by atoms with E-state index >= 15 is 9.13 Å². The maximum atomic E-state index is 16.0. The predicted octanol–water partition coefficient (Wildman–Crippen LogP) is 17.8. The third-order valence-corrected chi connectivity index (χ3v) is 23.4. The Morgan fingerprint density at radius 2 is 0.488 bits per heavy atom. The van der Waals surface area contributed by atoms with E-state index in [1.54, 1.807) is 24.3 Å². The molecule has 3 aliphatic rings. The smallest absolute Gasteiger partial charge is 0.387 e. The summed E-state index contributed by atoms with van der Waals surface area (Å²) in [6.07, 6.45) is -22.6. The van der Waals surface area contributed by atoms with E-state index in [4.69, 9.17) is 79.2 Å². The molecule has 0 aromatic heterocycles. The van der Waals surface area contributed by atoms with Gasteiger partial charge in [-0.15, -0.1) is 0 Å². The van der Waals surface area contributed by atoms with Crippen molar-refractivity contribution in [2.45, 2.75) is 171 Å². The standard InChI is InChI=1S/C95H99N3O21P2/c96-98-97-82-87(104-57-70-36-14-2-15-37-70)86(118-95-93(109-62-75-46-24-7-25-47-75)90(106-59-72-40-18-4-19-41-72)85(103-56-69-34-12-1-13-35-69)80(117-95)67-114-120(101,110-63-76-48-26-8-27-49-76)111-64-77-50-28-9-29-51-77)81(68-115-121(102,112-65-78-52-30-10-31-53-78)113-66-79-54-32-11-33-55-79)116-94(82)119-89-84(100)83(99)88(105-58-71-38-16-3-17-39-71)91(107-60-73-42-20-5-21-43-73)92(89)108-61-74-44-22-6-23-45-74/h1-55,80-95,99-100H,56-68H2/t80-,81-,82-,83+,84-,85+,86-,87-,88+,89+,90+,91-,92-,93-,94-,95-/m1/s1. The summed E-state index contributed by atoms with van der Waals surface area (Å²) in [6, 6.07) is 101. The Morgan fingerprint density at radius 3 is 0.793 bits per heavy atom. The molecule has 630 valence electrons. The second-order valence-electron chi connectivity index (χ2n) is 29.3. The molecule has 26 heteroatoms. The Hall–Kier alpha value is -9.57. The fraction of sp³-hybridized carbons (Fsp3) is 0.305. The number of benzene rings is 11. The van der Waals surface area contributed by atoms with Crippen LogP contribution in [0.15, 0.2) is 339 Å². The topological polar surface area (TPSA) is 280 Å². The van der Waals surface area contributed by atoms with Crippen LogP contribution in [-0.4, -0.2) is 121 Å². The number of aliphatic hydroxyl groups is 2. The van der Waals surface area contributed by atoms with Crippen LogP contribution >= 0.6 is 15.6 Å². The molecule has 1 aliphatic carbocycles. The average Bonchev–Trinajstić information content (AvgIpc) is 0.756. The van der Waals surface area contributed by atoms with Crippen LogP contribution in [0.4, 0.5) is 0 Å². The van der Waals surface area contributed by atoms with Crippen molar-refractivity contribution in [1.29, 1.82) is 0 Å². The highest BCUT2D eigenvalue weighted by atomic mass is 31.2. The Labute approximate surface area is 704 Å². The van der Waals surface area contributed by atoms with Gasteiger partial charge in [0.05, 0.1) is 85.9 Å². The minimum absolute atomic E-state index is 0.00837. The average molecular weight is 1680 g/mol. The molecule has 11 aromatic carbocycles. The van der Waals surface area contributed by atoms with Gasteiger partial charge in [-0.25, -0.2) is 9.13 Å². The second-order valence-corrected chi connectivity index (χ2v) is 32.7. The van der Waals surface area contributed by atoms with Gasteiger partial charge < -0.3 is 62.3 Å². The predicted molar refractivity (Wildman–Crippen MR) is 449 cm³/mol. The van der Waals surface area contributed by atoms with Crippen molar-refractivity contribution in [3.8, 4) is 0 Å². The van der Waals surface area contributed by atoms with Crippen molar-refractivity contribution < 1.29 is 98.6 Å². The van der Waals surface area contributed by atoms with Crippen molar-refractivity contribution in [2.24, 2.45) is 5.11 Å². The van der Waals surface area contributed by atoms with Gasteiger partial charge in [0.1, 0.15) is 85.4 Å². The van der Waals surface area contributed by atoms with E-state index in [-0.39, 0.29) is 72.7 Å². The molecular formula is C95H99N3O21P2. The van der Waals surface area contributed by atoms with Crippen LogP contribution in [0.1, 0.15) is 61.2 Å². The summed E-state index contributed by atoms with van der Waals surface area (Å²) in [7, 11) is -9.46. The number of hydrogen-bond acceptors (Lipinski definition) is 22. The van der Waals surface area contributed by atoms with E-state index in [2.05, 4.69) is 10.0 Å². The Morgan fingerprint density at radius 1 is 0.264 bits per heavy atom. The zero-order valence-electron chi connectivity index (χ0n) is 66.6. The number of aliphatic hydroxyl groups excluding tert-OH is 2. The normalized spacial score (nSPS) is 23.7. The fourth-order valence-electron chi connectivity index (χ4n) is 14.4. The lowest BCUT2D eigenvalue weighted by Crippen LogP contribution is -2.69. The Kier molecular flexibility index (Phi) is 33.0. The summed E-state index contributed by atoms with van der Waals surface area (Å²) in [5.74, 6) is 0. The second kappa shape index (κ2) is 45.5. The van der Waals surface area contributed by atoms with Crippen LogP contribution in [0, 0.1) is 0 Å². The summed E-state index contributed by atoms with van der Waals surface area (Å²) in [5.41, 5.74) is 19.1. The number of hydrogen-bond donors (Lipinski definition) is 2. The van der Waals surface area contributed by atoms with E-state index in [9.17, 15) is 15.7 Å². The van der Waals surface area contributed by atoms with Crippen molar-refractivity contribution >= 4 is 15.6 Å². The van der Waals surface area contributed by atoms with Crippen molar-refractivity contribution in [3.05, 3.63) is 405 Å². The van der Waals surface area contributed by atoms with Gasteiger partial charge in [-0.3, -0.25) is 27.1 Å².